The van der Waals surface area contributed by atoms with Crippen LogP contribution in [0.5, 0.6) is 0 Å². The topological polar surface area (TPSA) is 93.5 Å². The molecule has 1 aliphatic carbocycles. The van der Waals surface area contributed by atoms with E-state index in [1.165, 1.54) is 23.5 Å². The Morgan fingerprint density at radius 1 is 1.18 bits per heavy atom. The molecule has 3 heterocycles. The molecular weight excluding hydrogens is 457 g/mol. The largest absolute Gasteiger partial charge is 0.376 e. The normalized spacial score (nSPS) is 17.4. The molecule has 0 radical (unpaired) electrons. The molecule has 178 valence electrons. The number of carbonyl (C=O) groups is 2. The van der Waals surface area contributed by atoms with Crippen molar-refractivity contribution in [3.05, 3.63) is 57.3 Å². The van der Waals surface area contributed by atoms with Crippen molar-refractivity contribution in [2.45, 2.75) is 51.6 Å². The highest BCUT2D eigenvalue weighted by Gasteiger charge is 2.28. The summed E-state index contributed by atoms with van der Waals surface area (Å²) in [5.74, 6) is -0.734. The molecule has 2 N–H and O–H groups in total. The van der Waals surface area contributed by atoms with Gasteiger partial charge in [-0.3, -0.25) is 9.59 Å². The standard InChI is InChI=1S/C25H26FN3O4S/c1-14-8-9-15(11-18(14)26)20-12-19(29-33-20)23(30)28-25-22(17-6-2-3-7-21(17)34-25)24(31)27-13-16-5-4-10-32-16/h8-9,11-12,16H,2-7,10,13H2,1H3,(H,27,31)(H,28,30). The van der Waals surface area contributed by atoms with E-state index in [2.05, 4.69) is 15.8 Å². The quantitative estimate of drug-likeness (QED) is 0.521. The molecule has 0 saturated carbocycles. The molecule has 1 atom stereocenters. The lowest BCUT2D eigenvalue weighted by atomic mass is 9.95. The van der Waals surface area contributed by atoms with Crippen LogP contribution in [0.25, 0.3) is 11.3 Å². The molecule has 2 amide bonds. The third-order valence-corrected chi connectivity index (χ3v) is 7.55. The van der Waals surface area contributed by atoms with Gasteiger partial charge in [-0.25, -0.2) is 4.39 Å². The fourth-order valence-electron chi connectivity index (χ4n) is 4.43. The average Bonchev–Trinajstić information content (AvgIpc) is 3.59. The van der Waals surface area contributed by atoms with E-state index in [-0.39, 0.29) is 23.5 Å². The van der Waals surface area contributed by atoms with Crippen molar-refractivity contribution in [3.8, 4) is 11.3 Å². The van der Waals surface area contributed by atoms with E-state index >= 15 is 0 Å². The first kappa shape index (κ1) is 22.7. The van der Waals surface area contributed by atoms with Gasteiger partial charge >= 0.3 is 0 Å². The van der Waals surface area contributed by atoms with E-state index < -0.39 is 5.91 Å². The van der Waals surface area contributed by atoms with Gasteiger partial charge in [0.2, 0.25) is 0 Å². The maximum absolute atomic E-state index is 13.9. The highest BCUT2D eigenvalue weighted by Crippen LogP contribution is 2.38. The fourth-order valence-corrected chi connectivity index (χ4v) is 5.71. The molecule has 9 heteroatoms. The lowest BCUT2D eigenvalue weighted by molar-refractivity contribution is 0.0858. The number of aryl methyl sites for hydroxylation is 2. The number of ether oxygens (including phenoxy) is 1. The first-order chi connectivity index (χ1) is 16.5. The molecule has 2 aromatic heterocycles. The minimum Gasteiger partial charge on any atom is -0.376 e. The number of halogens is 1. The van der Waals surface area contributed by atoms with Crippen molar-refractivity contribution in [1.82, 2.24) is 10.5 Å². The second kappa shape index (κ2) is 9.68. The van der Waals surface area contributed by atoms with Crippen molar-refractivity contribution >= 4 is 28.2 Å². The predicted molar refractivity (Wildman–Crippen MR) is 127 cm³/mol. The van der Waals surface area contributed by atoms with Gasteiger partial charge in [-0.15, -0.1) is 11.3 Å². The van der Waals surface area contributed by atoms with Crippen molar-refractivity contribution < 1.29 is 23.2 Å². The fraction of sp³-hybridized carbons (Fsp3) is 0.400. The molecule has 1 unspecified atom stereocenters. The number of anilines is 1. The van der Waals surface area contributed by atoms with Crippen LogP contribution in [0.4, 0.5) is 9.39 Å². The van der Waals surface area contributed by atoms with Crippen molar-refractivity contribution in [1.29, 1.82) is 0 Å². The number of aromatic nitrogens is 1. The number of benzene rings is 1. The third kappa shape index (κ3) is 4.63. The van der Waals surface area contributed by atoms with Crippen LogP contribution in [0.15, 0.2) is 28.8 Å². The van der Waals surface area contributed by atoms with E-state index in [4.69, 9.17) is 9.26 Å². The number of hydrogen-bond acceptors (Lipinski definition) is 6. The Morgan fingerprint density at radius 3 is 2.82 bits per heavy atom. The van der Waals surface area contributed by atoms with E-state index in [1.54, 1.807) is 19.1 Å². The third-order valence-electron chi connectivity index (χ3n) is 6.34. The monoisotopic (exact) mass is 483 g/mol. The predicted octanol–water partition coefficient (Wildman–Crippen LogP) is 4.89. The summed E-state index contributed by atoms with van der Waals surface area (Å²) in [7, 11) is 0. The summed E-state index contributed by atoms with van der Waals surface area (Å²) in [5, 5.41) is 10.2. The second-order valence-electron chi connectivity index (χ2n) is 8.75. The molecule has 1 aliphatic heterocycles. The van der Waals surface area contributed by atoms with Gasteiger partial charge < -0.3 is 19.9 Å². The number of rotatable bonds is 6. The Labute approximate surface area is 200 Å². The summed E-state index contributed by atoms with van der Waals surface area (Å²) in [6.45, 7) is 2.86. The smallest absolute Gasteiger partial charge is 0.278 e. The van der Waals surface area contributed by atoms with Crippen LogP contribution in [0.3, 0.4) is 0 Å². The number of nitrogens with one attached hydrogen (secondary N) is 2. The zero-order chi connectivity index (χ0) is 23.7. The molecule has 0 bridgehead atoms. The summed E-state index contributed by atoms with van der Waals surface area (Å²) in [6, 6.07) is 6.18. The van der Waals surface area contributed by atoms with Crippen LogP contribution in [0.2, 0.25) is 0 Å². The molecule has 34 heavy (non-hydrogen) atoms. The lowest BCUT2D eigenvalue weighted by Gasteiger charge is -2.15. The Balaban J connectivity index is 1.36. The van der Waals surface area contributed by atoms with Gasteiger partial charge in [0.15, 0.2) is 11.5 Å². The molecule has 1 aromatic carbocycles. The zero-order valence-electron chi connectivity index (χ0n) is 18.9. The van der Waals surface area contributed by atoms with Gasteiger partial charge in [0.05, 0.1) is 11.7 Å². The number of fused-ring (bicyclic) bond motifs is 1. The summed E-state index contributed by atoms with van der Waals surface area (Å²) in [5.41, 5.74) is 2.64. The Hall–Kier alpha value is -3.04. The maximum Gasteiger partial charge on any atom is 0.278 e. The molecular formula is C25H26FN3O4S. The molecule has 1 fully saturated rings. The van der Waals surface area contributed by atoms with Crippen LogP contribution in [-0.4, -0.2) is 36.2 Å². The number of thiophene rings is 1. The van der Waals surface area contributed by atoms with Crippen molar-refractivity contribution in [2.24, 2.45) is 0 Å². The Kier molecular flexibility index (Phi) is 6.47. The zero-order valence-corrected chi connectivity index (χ0v) is 19.7. The van der Waals surface area contributed by atoms with Gasteiger partial charge in [0.1, 0.15) is 10.8 Å². The van der Waals surface area contributed by atoms with Gasteiger partial charge in [-0.1, -0.05) is 17.3 Å². The molecule has 2 aliphatic rings. The molecule has 3 aromatic rings. The summed E-state index contributed by atoms with van der Waals surface area (Å²) in [6.07, 6.45) is 5.78. The number of nitrogens with zero attached hydrogens (tertiary/aromatic N) is 1. The Morgan fingerprint density at radius 2 is 2.03 bits per heavy atom. The minimum absolute atomic E-state index is 0.0385. The molecule has 0 spiro atoms. The van der Waals surface area contributed by atoms with Crippen molar-refractivity contribution in [2.75, 3.05) is 18.5 Å². The second-order valence-corrected chi connectivity index (χ2v) is 9.86. The lowest BCUT2D eigenvalue weighted by Crippen LogP contribution is -2.32. The number of hydrogen-bond donors (Lipinski definition) is 2. The molecule has 5 rings (SSSR count). The number of carbonyl (C=O) groups excluding carboxylic acids is 2. The van der Waals surface area contributed by atoms with Gasteiger partial charge in [0.25, 0.3) is 11.8 Å². The van der Waals surface area contributed by atoms with Gasteiger partial charge in [0, 0.05) is 29.7 Å². The maximum atomic E-state index is 13.9. The van der Waals surface area contributed by atoms with E-state index in [9.17, 15) is 14.0 Å². The summed E-state index contributed by atoms with van der Waals surface area (Å²) >= 11 is 1.45. The number of amides is 2. The van der Waals surface area contributed by atoms with Crippen LogP contribution in [0.1, 0.15) is 62.5 Å². The van der Waals surface area contributed by atoms with E-state index in [1.807, 2.05) is 0 Å². The van der Waals surface area contributed by atoms with Crippen LogP contribution in [-0.2, 0) is 17.6 Å². The van der Waals surface area contributed by atoms with E-state index in [0.29, 0.717) is 34.0 Å². The van der Waals surface area contributed by atoms with Crippen LogP contribution < -0.4 is 10.6 Å². The minimum atomic E-state index is -0.477. The Bertz CT molecular complexity index is 1230. The van der Waals surface area contributed by atoms with Gasteiger partial charge in [-0.05, 0) is 62.6 Å². The van der Waals surface area contributed by atoms with E-state index in [0.717, 1.165) is 55.6 Å². The average molecular weight is 484 g/mol. The first-order valence-corrected chi connectivity index (χ1v) is 12.4. The highest BCUT2D eigenvalue weighted by molar-refractivity contribution is 7.17. The highest BCUT2D eigenvalue weighted by atomic mass is 32.1. The molecule has 7 nitrogen and oxygen atoms in total. The van der Waals surface area contributed by atoms with Gasteiger partial charge in [-0.2, -0.15) is 0 Å². The van der Waals surface area contributed by atoms with Crippen LogP contribution in [0, 0.1) is 12.7 Å². The first-order valence-electron chi connectivity index (χ1n) is 11.6. The summed E-state index contributed by atoms with van der Waals surface area (Å²) in [4.78, 5) is 27.3. The van der Waals surface area contributed by atoms with Crippen LogP contribution >= 0.6 is 11.3 Å². The van der Waals surface area contributed by atoms with Crippen molar-refractivity contribution in [3.63, 3.8) is 0 Å². The summed E-state index contributed by atoms with van der Waals surface area (Å²) < 4.78 is 24.8. The molecule has 1 saturated heterocycles. The SMILES string of the molecule is Cc1ccc(-c2cc(C(=O)Nc3sc4c(c3C(=O)NCC3CCCO3)CCCC4)no2)cc1F.